The molecule has 1 aromatic carbocycles. The van der Waals surface area contributed by atoms with E-state index < -0.39 is 0 Å². The Bertz CT molecular complexity index is 498. The van der Waals surface area contributed by atoms with E-state index in [1.165, 1.54) is 37.7 Å². The van der Waals surface area contributed by atoms with E-state index in [0.717, 1.165) is 6.54 Å². The minimum absolute atomic E-state index is 0.417. The molecule has 0 aromatic heterocycles. The van der Waals surface area contributed by atoms with Gasteiger partial charge in [-0.2, -0.15) is 0 Å². The molecule has 0 fully saturated rings. The molecule has 0 saturated heterocycles. The molecular weight excluding hydrogens is 266 g/mol. The molecule has 1 heteroatoms. The van der Waals surface area contributed by atoms with Gasteiger partial charge in [0.15, 0.2) is 0 Å². The molecule has 0 amide bonds. The number of rotatable bonds is 6. The highest BCUT2D eigenvalue weighted by Crippen LogP contribution is 2.42. The van der Waals surface area contributed by atoms with Gasteiger partial charge in [-0.25, -0.2) is 0 Å². The average molecular weight is 300 g/mol. The fourth-order valence-corrected chi connectivity index (χ4v) is 3.83. The predicted molar refractivity (Wildman–Crippen MR) is 96.9 cm³/mol. The molecule has 1 aromatic rings. The predicted octanol–water partition coefficient (Wildman–Crippen LogP) is 5.81. The summed E-state index contributed by atoms with van der Waals surface area (Å²) in [5.74, 6) is 0. The summed E-state index contributed by atoms with van der Waals surface area (Å²) < 4.78 is 0. The summed E-state index contributed by atoms with van der Waals surface area (Å²) in [6, 6.07) is 11.4. The SMILES string of the molecule is CC1=C(CCC(C)N(C)Cc2ccccc2)C(C)(C)CCC1. The van der Waals surface area contributed by atoms with Crippen LogP contribution < -0.4 is 0 Å². The van der Waals surface area contributed by atoms with Gasteiger partial charge < -0.3 is 0 Å². The molecule has 0 spiro atoms. The van der Waals surface area contributed by atoms with Crippen LogP contribution in [-0.4, -0.2) is 18.0 Å². The Hall–Kier alpha value is -1.08. The molecule has 1 aliphatic carbocycles. The molecule has 122 valence electrons. The molecule has 1 atom stereocenters. The maximum atomic E-state index is 2.49. The smallest absolute Gasteiger partial charge is 0.0233 e. The fourth-order valence-electron chi connectivity index (χ4n) is 3.83. The van der Waals surface area contributed by atoms with Crippen molar-refractivity contribution in [3.8, 4) is 0 Å². The van der Waals surface area contributed by atoms with Crippen LogP contribution in [0.25, 0.3) is 0 Å². The summed E-state index contributed by atoms with van der Waals surface area (Å²) in [6.45, 7) is 10.6. The molecule has 1 nitrogen and oxygen atoms in total. The lowest BCUT2D eigenvalue weighted by Crippen LogP contribution is -2.29. The maximum absolute atomic E-state index is 2.49. The molecule has 1 aliphatic rings. The summed E-state index contributed by atoms with van der Waals surface area (Å²) in [6.07, 6.45) is 6.56. The van der Waals surface area contributed by atoms with E-state index >= 15 is 0 Å². The summed E-state index contributed by atoms with van der Waals surface area (Å²) in [4.78, 5) is 2.49. The lowest BCUT2D eigenvalue weighted by molar-refractivity contribution is 0.232. The third-order valence-electron chi connectivity index (χ3n) is 5.53. The molecule has 0 heterocycles. The molecule has 0 radical (unpaired) electrons. The van der Waals surface area contributed by atoms with Crippen LogP contribution in [0.3, 0.4) is 0 Å². The summed E-state index contributed by atoms with van der Waals surface area (Å²) in [5.41, 5.74) is 5.22. The zero-order chi connectivity index (χ0) is 16.2. The Morgan fingerprint density at radius 3 is 2.50 bits per heavy atom. The van der Waals surface area contributed by atoms with Crippen LogP contribution in [0.4, 0.5) is 0 Å². The van der Waals surface area contributed by atoms with Crippen LogP contribution in [0.2, 0.25) is 0 Å². The number of nitrogens with zero attached hydrogens (tertiary/aromatic N) is 1. The van der Waals surface area contributed by atoms with Crippen molar-refractivity contribution >= 4 is 0 Å². The average Bonchev–Trinajstić information content (AvgIpc) is 2.46. The zero-order valence-electron chi connectivity index (χ0n) is 15.2. The first-order chi connectivity index (χ1) is 10.4. The van der Waals surface area contributed by atoms with E-state index in [9.17, 15) is 0 Å². The van der Waals surface area contributed by atoms with Crippen LogP contribution >= 0.6 is 0 Å². The number of benzene rings is 1. The summed E-state index contributed by atoms with van der Waals surface area (Å²) in [5, 5.41) is 0. The highest BCUT2D eigenvalue weighted by molar-refractivity contribution is 5.22. The molecule has 22 heavy (non-hydrogen) atoms. The second-order valence-corrected chi connectivity index (χ2v) is 7.78. The second-order valence-electron chi connectivity index (χ2n) is 7.78. The van der Waals surface area contributed by atoms with Crippen molar-refractivity contribution in [3.63, 3.8) is 0 Å². The van der Waals surface area contributed by atoms with Crippen LogP contribution in [0, 0.1) is 5.41 Å². The van der Waals surface area contributed by atoms with Crippen LogP contribution in [0.1, 0.15) is 65.4 Å². The Kier molecular flexibility index (Phi) is 5.86. The van der Waals surface area contributed by atoms with Gasteiger partial charge in [-0.1, -0.05) is 55.3 Å². The molecule has 0 bridgehead atoms. The lowest BCUT2D eigenvalue weighted by Gasteiger charge is -2.36. The lowest BCUT2D eigenvalue weighted by atomic mass is 9.71. The Balaban J connectivity index is 1.90. The zero-order valence-corrected chi connectivity index (χ0v) is 15.2. The summed E-state index contributed by atoms with van der Waals surface area (Å²) >= 11 is 0. The van der Waals surface area contributed by atoms with E-state index in [2.05, 4.69) is 70.0 Å². The van der Waals surface area contributed by atoms with Crippen LogP contribution in [0.15, 0.2) is 41.5 Å². The highest BCUT2D eigenvalue weighted by atomic mass is 15.1. The van der Waals surface area contributed by atoms with Crippen molar-refractivity contribution in [2.24, 2.45) is 5.41 Å². The van der Waals surface area contributed by atoms with Crippen molar-refractivity contribution in [3.05, 3.63) is 47.0 Å². The molecular formula is C21H33N. The van der Waals surface area contributed by atoms with Gasteiger partial charge in [0.2, 0.25) is 0 Å². The molecule has 2 rings (SSSR count). The third-order valence-corrected chi connectivity index (χ3v) is 5.53. The van der Waals surface area contributed by atoms with E-state index in [1.54, 1.807) is 11.1 Å². The van der Waals surface area contributed by atoms with Gasteiger partial charge >= 0.3 is 0 Å². The van der Waals surface area contributed by atoms with Crippen molar-refractivity contribution in [1.29, 1.82) is 0 Å². The van der Waals surface area contributed by atoms with Gasteiger partial charge in [-0.05, 0) is 64.0 Å². The summed E-state index contributed by atoms with van der Waals surface area (Å²) in [7, 11) is 2.25. The highest BCUT2D eigenvalue weighted by Gasteiger charge is 2.28. The first kappa shape index (κ1) is 17.3. The molecule has 0 N–H and O–H groups in total. The van der Waals surface area contributed by atoms with Gasteiger partial charge in [-0.3, -0.25) is 4.90 Å². The van der Waals surface area contributed by atoms with Gasteiger partial charge in [0, 0.05) is 12.6 Å². The van der Waals surface area contributed by atoms with Crippen LogP contribution in [0.5, 0.6) is 0 Å². The fraction of sp³-hybridized carbons (Fsp3) is 0.619. The molecule has 0 aliphatic heterocycles. The standard InChI is InChI=1S/C21H33N/c1-17-10-9-15-21(3,4)20(17)14-13-18(2)22(5)16-19-11-7-6-8-12-19/h6-8,11-12,18H,9-10,13-16H2,1-5H3. The van der Waals surface area contributed by atoms with E-state index in [0.29, 0.717) is 11.5 Å². The van der Waals surface area contributed by atoms with Gasteiger partial charge in [-0.15, -0.1) is 0 Å². The first-order valence-corrected chi connectivity index (χ1v) is 8.83. The van der Waals surface area contributed by atoms with Crippen molar-refractivity contribution < 1.29 is 0 Å². The first-order valence-electron chi connectivity index (χ1n) is 8.83. The Morgan fingerprint density at radius 2 is 1.86 bits per heavy atom. The quantitative estimate of drug-likeness (QED) is 0.599. The minimum atomic E-state index is 0.417. The van der Waals surface area contributed by atoms with Gasteiger partial charge in [0.25, 0.3) is 0 Å². The monoisotopic (exact) mass is 299 g/mol. The number of allylic oxidation sites excluding steroid dienone is 2. The second kappa shape index (κ2) is 7.46. The van der Waals surface area contributed by atoms with Crippen molar-refractivity contribution in [2.45, 2.75) is 72.4 Å². The van der Waals surface area contributed by atoms with Crippen molar-refractivity contribution in [2.75, 3.05) is 7.05 Å². The number of hydrogen-bond acceptors (Lipinski definition) is 1. The van der Waals surface area contributed by atoms with E-state index in [-0.39, 0.29) is 0 Å². The number of hydrogen-bond donors (Lipinski definition) is 0. The largest absolute Gasteiger partial charge is 0.299 e. The third kappa shape index (κ3) is 4.46. The minimum Gasteiger partial charge on any atom is -0.299 e. The van der Waals surface area contributed by atoms with Gasteiger partial charge in [0.1, 0.15) is 0 Å². The van der Waals surface area contributed by atoms with Crippen molar-refractivity contribution in [1.82, 2.24) is 4.90 Å². The van der Waals surface area contributed by atoms with E-state index in [1.807, 2.05) is 0 Å². The molecule has 1 unspecified atom stereocenters. The Labute approximate surface area is 137 Å². The Morgan fingerprint density at radius 1 is 1.18 bits per heavy atom. The maximum Gasteiger partial charge on any atom is 0.0233 e. The van der Waals surface area contributed by atoms with E-state index in [4.69, 9.17) is 0 Å². The molecule has 0 saturated carbocycles. The topological polar surface area (TPSA) is 3.24 Å². The normalized spacial score (nSPS) is 19.5. The van der Waals surface area contributed by atoms with Gasteiger partial charge in [0.05, 0.1) is 0 Å². The van der Waals surface area contributed by atoms with Crippen LogP contribution in [-0.2, 0) is 6.54 Å².